The van der Waals surface area contributed by atoms with Crippen LogP contribution < -0.4 is 5.32 Å². The molecule has 1 rings (SSSR count). The maximum absolute atomic E-state index is 9.33. The predicted molar refractivity (Wildman–Crippen MR) is 76.8 cm³/mol. The standard InChI is InChI=1S/C10H12BrClINO/c1-6-8(11)2-3-9(10(6)13)14-5-7(15)4-12/h2-3,7,14-15H,4-5H2,1H3. The van der Waals surface area contributed by atoms with Crippen molar-refractivity contribution in [3.8, 4) is 0 Å². The van der Waals surface area contributed by atoms with E-state index in [1.54, 1.807) is 0 Å². The maximum Gasteiger partial charge on any atom is 0.0847 e. The number of aliphatic hydroxyl groups excluding tert-OH is 1. The summed E-state index contributed by atoms with van der Waals surface area (Å²) in [7, 11) is 0. The predicted octanol–water partition coefficient (Wildman–Crippen LogP) is 3.37. The first kappa shape index (κ1) is 13.5. The molecule has 1 unspecified atom stereocenters. The first-order valence-electron chi connectivity index (χ1n) is 4.48. The maximum atomic E-state index is 9.33. The van der Waals surface area contributed by atoms with E-state index < -0.39 is 6.10 Å². The third-order valence-electron chi connectivity index (χ3n) is 2.03. The largest absolute Gasteiger partial charge is 0.390 e. The van der Waals surface area contributed by atoms with E-state index in [1.807, 2.05) is 12.1 Å². The van der Waals surface area contributed by atoms with Gasteiger partial charge >= 0.3 is 0 Å². The van der Waals surface area contributed by atoms with Gasteiger partial charge in [-0.15, -0.1) is 11.6 Å². The highest BCUT2D eigenvalue weighted by Gasteiger charge is 2.07. The summed E-state index contributed by atoms with van der Waals surface area (Å²) in [5.74, 6) is 0.249. The lowest BCUT2D eigenvalue weighted by Gasteiger charge is -2.13. The molecular weight excluding hydrogens is 392 g/mol. The van der Waals surface area contributed by atoms with E-state index in [2.05, 4.69) is 50.8 Å². The number of nitrogens with one attached hydrogen (secondary N) is 1. The van der Waals surface area contributed by atoms with Crippen LogP contribution in [0.15, 0.2) is 16.6 Å². The Kier molecular flexibility index (Phi) is 5.66. The fraction of sp³-hybridized carbons (Fsp3) is 0.400. The molecule has 0 aliphatic carbocycles. The molecular formula is C10H12BrClINO. The van der Waals surface area contributed by atoms with E-state index in [0.29, 0.717) is 6.54 Å². The zero-order chi connectivity index (χ0) is 11.4. The summed E-state index contributed by atoms with van der Waals surface area (Å²) >= 11 is 11.3. The summed E-state index contributed by atoms with van der Waals surface area (Å²) in [6.07, 6.45) is -0.508. The van der Waals surface area contributed by atoms with Gasteiger partial charge in [0, 0.05) is 20.3 Å². The highest BCUT2D eigenvalue weighted by Crippen LogP contribution is 2.27. The second-order valence-electron chi connectivity index (χ2n) is 3.22. The van der Waals surface area contributed by atoms with Gasteiger partial charge in [0.15, 0.2) is 0 Å². The molecule has 1 aromatic carbocycles. The lowest BCUT2D eigenvalue weighted by molar-refractivity contribution is 0.211. The minimum atomic E-state index is -0.508. The van der Waals surface area contributed by atoms with Crippen molar-refractivity contribution in [3.63, 3.8) is 0 Å². The number of hydrogen-bond donors (Lipinski definition) is 2. The third-order valence-corrected chi connectivity index (χ3v) is 4.63. The van der Waals surface area contributed by atoms with Crippen LogP contribution in [0.2, 0.25) is 0 Å². The van der Waals surface area contributed by atoms with E-state index in [9.17, 15) is 5.11 Å². The van der Waals surface area contributed by atoms with Gasteiger partial charge in [-0.05, 0) is 47.2 Å². The van der Waals surface area contributed by atoms with Crippen LogP contribution in [0, 0.1) is 10.5 Å². The topological polar surface area (TPSA) is 32.3 Å². The smallest absolute Gasteiger partial charge is 0.0847 e. The van der Waals surface area contributed by atoms with Crippen molar-refractivity contribution >= 4 is 55.8 Å². The Bertz CT molecular complexity index is 348. The molecule has 2 nitrogen and oxygen atoms in total. The van der Waals surface area contributed by atoms with Gasteiger partial charge in [-0.25, -0.2) is 0 Å². The van der Waals surface area contributed by atoms with E-state index in [4.69, 9.17) is 11.6 Å². The molecule has 0 aliphatic heterocycles. The normalized spacial score (nSPS) is 12.6. The van der Waals surface area contributed by atoms with E-state index in [1.165, 1.54) is 5.56 Å². The number of hydrogen-bond acceptors (Lipinski definition) is 2. The second-order valence-corrected chi connectivity index (χ2v) is 5.46. The van der Waals surface area contributed by atoms with Crippen LogP contribution in [0.5, 0.6) is 0 Å². The first-order valence-corrected chi connectivity index (χ1v) is 6.89. The molecule has 0 aliphatic rings. The summed E-state index contributed by atoms with van der Waals surface area (Å²) in [6, 6.07) is 3.98. The van der Waals surface area contributed by atoms with E-state index >= 15 is 0 Å². The van der Waals surface area contributed by atoms with Gasteiger partial charge in [0.1, 0.15) is 0 Å². The summed E-state index contributed by atoms with van der Waals surface area (Å²) in [4.78, 5) is 0. The van der Waals surface area contributed by atoms with E-state index in [-0.39, 0.29) is 5.88 Å². The molecule has 0 saturated carbocycles. The molecule has 1 atom stereocenters. The van der Waals surface area contributed by atoms with Gasteiger partial charge < -0.3 is 10.4 Å². The Morgan fingerprint density at radius 1 is 1.60 bits per heavy atom. The van der Waals surface area contributed by atoms with Gasteiger partial charge in [0.2, 0.25) is 0 Å². The van der Waals surface area contributed by atoms with Gasteiger partial charge in [-0.2, -0.15) is 0 Å². The van der Waals surface area contributed by atoms with Crippen molar-refractivity contribution in [2.24, 2.45) is 0 Å². The van der Waals surface area contributed by atoms with Crippen molar-refractivity contribution in [1.82, 2.24) is 0 Å². The van der Waals surface area contributed by atoms with Crippen LogP contribution in [-0.2, 0) is 0 Å². The molecule has 0 aromatic heterocycles. The average molecular weight is 404 g/mol. The molecule has 84 valence electrons. The number of halogens is 3. The minimum absolute atomic E-state index is 0.249. The molecule has 0 radical (unpaired) electrons. The zero-order valence-electron chi connectivity index (χ0n) is 8.23. The van der Waals surface area contributed by atoms with Gasteiger partial charge in [-0.3, -0.25) is 0 Å². The van der Waals surface area contributed by atoms with Gasteiger partial charge in [0.25, 0.3) is 0 Å². The van der Waals surface area contributed by atoms with Crippen LogP contribution in [0.1, 0.15) is 5.56 Å². The number of rotatable bonds is 4. The Morgan fingerprint density at radius 3 is 2.87 bits per heavy atom. The molecule has 15 heavy (non-hydrogen) atoms. The van der Waals surface area contributed by atoms with Crippen LogP contribution in [0.3, 0.4) is 0 Å². The Labute approximate surface area is 117 Å². The fourth-order valence-electron chi connectivity index (χ4n) is 1.08. The second kappa shape index (κ2) is 6.27. The van der Waals surface area contributed by atoms with Crippen molar-refractivity contribution in [2.45, 2.75) is 13.0 Å². The molecule has 1 aromatic rings. The van der Waals surface area contributed by atoms with Crippen molar-refractivity contribution < 1.29 is 5.11 Å². The molecule has 2 N–H and O–H groups in total. The van der Waals surface area contributed by atoms with Gasteiger partial charge in [-0.1, -0.05) is 15.9 Å². The van der Waals surface area contributed by atoms with Gasteiger partial charge in [0.05, 0.1) is 12.0 Å². The summed E-state index contributed by atoms with van der Waals surface area (Å²) in [6.45, 7) is 2.52. The van der Waals surface area contributed by atoms with Crippen LogP contribution in [0.25, 0.3) is 0 Å². The monoisotopic (exact) mass is 403 g/mol. The van der Waals surface area contributed by atoms with Crippen molar-refractivity contribution in [1.29, 1.82) is 0 Å². The number of alkyl halides is 1. The van der Waals surface area contributed by atoms with Crippen molar-refractivity contribution in [3.05, 3.63) is 25.7 Å². The fourth-order valence-corrected chi connectivity index (χ4v) is 2.55. The first-order chi connectivity index (χ1) is 7.06. The summed E-state index contributed by atoms with van der Waals surface area (Å²) in [5, 5.41) is 12.5. The summed E-state index contributed by atoms with van der Waals surface area (Å²) < 4.78 is 2.25. The average Bonchev–Trinajstić information content (AvgIpc) is 2.24. The molecule has 0 spiro atoms. The molecule has 0 heterocycles. The number of benzene rings is 1. The molecule has 5 heteroatoms. The Hall–Kier alpha value is 0.480. The number of anilines is 1. The summed E-state index contributed by atoms with van der Waals surface area (Å²) in [5.41, 5.74) is 2.22. The lowest BCUT2D eigenvalue weighted by Crippen LogP contribution is -2.21. The quantitative estimate of drug-likeness (QED) is 0.596. The van der Waals surface area contributed by atoms with Crippen LogP contribution >= 0.6 is 50.1 Å². The van der Waals surface area contributed by atoms with E-state index in [0.717, 1.165) is 13.7 Å². The SMILES string of the molecule is Cc1c(Br)ccc(NCC(O)CCl)c1I. The highest BCUT2D eigenvalue weighted by molar-refractivity contribution is 14.1. The Balaban J connectivity index is 2.74. The van der Waals surface area contributed by atoms with Crippen LogP contribution in [-0.4, -0.2) is 23.6 Å². The number of aliphatic hydroxyl groups is 1. The van der Waals surface area contributed by atoms with Crippen molar-refractivity contribution in [2.75, 3.05) is 17.7 Å². The lowest BCUT2D eigenvalue weighted by atomic mass is 10.2. The Morgan fingerprint density at radius 2 is 2.27 bits per heavy atom. The molecule has 0 saturated heterocycles. The molecule has 0 bridgehead atoms. The third kappa shape index (κ3) is 3.76. The zero-order valence-corrected chi connectivity index (χ0v) is 12.7. The van der Waals surface area contributed by atoms with Crippen LogP contribution in [0.4, 0.5) is 5.69 Å². The minimum Gasteiger partial charge on any atom is -0.390 e. The molecule has 0 amide bonds. The highest BCUT2D eigenvalue weighted by atomic mass is 127. The molecule has 0 fully saturated rings.